The minimum atomic E-state index is -0.753. The Morgan fingerprint density at radius 2 is 2.29 bits per heavy atom. The molecule has 1 rings (SSSR count). The summed E-state index contributed by atoms with van der Waals surface area (Å²) in [7, 11) is 0. The molecule has 1 aromatic heterocycles. The van der Waals surface area contributed by atoms with E-state index in [9.17, 15) is 4.79 Å². The fourth-order valence-corrected chi connectivity index (χ4v) is 2.50. The van der Waals surface area contributed by atoms with Crippen LogP contribution in [-0.2, 0) is 11.2 Å². The highest BCUT2D eigenvalue weighted by Crippen LogP contribution is 2.21. The summed E-state index contributed by atoms with van der Waals surface area (Å²) in [4.78, 5) is 11.5. The van der Waals surface area contributed by atoms with Crippen molar-refractivity contribution < 1.29 is 9.90 Å². The van der Waals surface area contributed by atoms with Gasteiger partial charge in [-0.05, 0) is 41.0 Å². The lowest BCUT2D eigenvalue weighted by Gasteiger charge is -2.00. The Labute approximate surface area is 95.3 Å². The Hall–Kier alpha value is -0.390. The van der Waals surface area contributed by atoms with Crippen molar-refractivity contribution in [2.24, 2.45) is 0 Å². The molecule has 0 aliphatic heterocycles. The fraction of sp³-hybridized carbons (Fsp3) is 0.444. The van der Waals surface area contributed by atoms with E-state index in [4.69, 9.17) is 5.11 Å². The van der Waals surface area contributed by atoms with Gasteiger partial charge in [-0.3, -0.25) is 4.79 Å². The number of aliphatic carboxylic acids is 1. The van der Waals surface area contributed by atoms with Crippen LogP contribution in [0.1, 0.15) is 11.3 Å². The summed E-state index contributed by atoms with van der Waals surface area (Å²) < 4.78 is 1.14. The maximum absolute atomic E-state index is 10.2. The molecule has 0 spiro atoms. The predicted octanol–water partition coefficient (Wildman–Crippen LogP) is 2.12. The van der Waals surface area contributed by atoms with Gasteiger partial charge in [-0.2, -0.15) is 0 Å². The van der Waals surface area contributed by atoms with Crippen molar-refractivity contribution in [1.82, 2.24) is 5.32 Å². The lowest BCUT2D eigenvalue weighted by molar-refractivity contribution is -0.136. The molecular weight excluding hydrogens is 266 g/mol. The third-order valence-corrected chi connectivity index (χ3v) is 3.38. The topological polar surface area (TPSA) is 49.3 Å². The van der Waals surface area contributed by atoms with Gasteiger partial charge in [-0.25, -0.2) is 0 Å². The zero-order valence-electron chi connectivity index (χ0n) is 7.62. The molecule has 0 amide bonds. The molecule has 1 aromatic rings. The smallest absolute Gasteiger partial charge is 0.304 e. The number of carboxylic acids is 1. The number of halogens is 1. The maximum atomic E-state index is 10.2. The van der Waals surface area contributed by atoms with Crippen molar-refractivity contribution in [2.45, 2.75) is 12.8 Å². The zero-order chi connectivity index (χ0) is 10.4. The second-order valence-electron chi connectivity index (χ2n) is 2.85. The van der Waals surface area contributed by atoms with Crippen molar-refractivity contribution in [3.05, 3.63) is 20.8 Å². The van der Waals surface area contributed by atoms with Crippen LogP contribution in [0.3, 0.4) is 0 Å². The highest BCUT2D eigenvalue weighted by molar-refractivity contribution is 9.11. The quantitative estimate of drug-likeness (QED) is 0.784. The Morgan fingerprint density at radius 3 is 2.86 bits per heavy atom. The first-order valence-electron chi connectivity index (χ1n) is 4.35. The van der Waals surface area contributed by atoms with Gasteiger partial charge < -0.3 is 10.4 Å². The van der Waals surface area contributed by atoms with Gasteiger partial charge in [0.2, 0.25) is 0 Å². The predicted molar refractivity (Wildman–Crippen MR) is 60.8 cm³/mol. The molecule has 1 heterocycles. The average molecular weight is 278 g/mol. The molecule has 78 valence electrons. The Morgan fingerprint density at radius 1 is 1.50 bits per heavy atom. The summed E-state index contributed by atoms with van der Waals surface area (Å²) in [5.74, 6) is -0.753. The van der Waals surface area contributed by atoms with E-state index in [1.165, 1.54) is 4.88 Å². The van der Waals surface area contributed by atoms with Crippen molar-refractivity contribution in [3.63, 3.8) is 0 Å². The molecule has 0 saturated carbocycles. The van der Waals surface area contributed by atoms with Crippen LogP contribution >= 0.6 is 27.3 Å². The Kier molecular flexibility index (Phi) is 5.14. The minimum absolute atomic E-state index is 0.189. The first-order valence-corrected chi connectivity index (χ1v) is 5.96. The second-order valence-corrected chi connectivity index (χ2v) is 5.40. The van der Waals surface area contributed by atoms with E-state index in [-0.39, 0.29) is 6.42 Å². The second kappa shape index (κ2) is 6.16. The summed E-state index contributed by atoms with van der Waals surface area (Å²) in [6.07, 6.45) is 1.14. The van der Waals surface area contributed by atoms with Crippen LogP contribution in [0.4, 0.5) is 0 Å². The molecule has 0 aliphatic rings. The summed E-state index contributed by atoms with van der Waals surface area (Å²) in [5, 5.41) is 11.5. The van der Waals surface area contributed by atoms with Crippen LogP contribution < -0.4 is 5.32 Å². The lowest BCUT2D eigenvalue weighted by Crippen LogP contribution is -2.20. The van der Waals surface area contributed by atoms with Crippen LogP contribution in [0.15, 0.2) is 15.9 Å². The molecule has 0 aliphatic carbocycles. The molecule has 14 heavy (non-hydrogen) atoms. The van der Waals surface area contributed by atoms with Crippen LogP contribution in [0.5, 0.6) is 0 Å². The minimum Gasteiger partial charge on any atom is -0.481 e. The normalized spacial score (nSPS) is 10.4. The fourth-order valence-electron chi connectivity index (χ4n) is 1.02. The largest absolute Gasteiger partial charge is 0.481 e. The van der Waals surface area contributed by atoms with Gasteiger partial charge in [-0.15, -0.1) is 11.3 Å². The summed E-state index contributed by atoms with van der Waals surface area (Å²) in [5.41, 5.74) is 0. The molecule has 3 nitrogen and oxygen atoms in total. The summed E-state index contributed by atoms with van der Waals surface area (Å²) in [6.45, 7) is 1.38. The molecule has 0 atom stereocenters. The molecular formula is C9H12BrNO2S. The molecule has 0 bridgehead atoms. The standard InChI is InChI=1S/C9H12BrNO2S/c10-8-2-1-7(14-8)3-5-11-6-4-9(12)13/h1-2,11H,3-6H2,(H,12,13). The Bertz CT molecular complexity index is 301. The van der Waals surface area contributed by atoms with Gasteiger partial charge in [0.25, 0.3) is 0 Å². The molecule has 0 fully saturated rings. The monoisotopic (exact) mass is 277 g/mol. The number of hydrogen-bond donors (Lipinski definition) is 2. The van der Waals surface area contributed by atoms with E-state index in [1.807, 2.05) is 6.07 Å². The number of carboxylic acid groups (broad SMARTS) is 1. The van der Waals surface area contributed by atoms with Crippen LogP contribution in [-0.4, -0.2) is 24.2 Å². The summed E-state index contributed by atoms with van der Waals surface area (Å²) >= 11 is 5.11. The van der Waals surface area contributed by atoms with E-state index in [0.29, 0.717) is 6.54 Å². The lowest BCUT2D eigenvalue weighted by atomic mass is 10.3. The molecule has 5 heteroatoms. The van der Waals surface area contributed by atoms with E-state index in [2.05, 4.69) is 27.3 Å². The summed E-state index contributed by atoms with van der Waals surface area (Å²) in [6, 6.07) is 4.10. The van der Waals surface area contributed by atoms with Gasteiger partial charge in [0, 0.05) is 11.4 Å². The van der Waals surface area contributed by atoms with Crippen molar-refractivity contribution in [1.29, 1.82) is 0 Å². The van der Waals surface area contributed by atoms with Crippen LogP contribution in [0.2, 0.25) is 0 Å². The number of rotatable bonds is 6. The maximum Gasteiger partial charge on any atom is 0.304 e. The van der Waals surface area contributed by atoms with Crippen molar-refractivity contribution in [2.75, 3.05) is 13.1 Å². The number of carbonyl (C=O) groups is 1. The van der Waals surface area contributed by atoms with E-state index in [1.54, 1.807) is 11.3 Å². The zero-order valence-corrected chi connectivity index (χ0v) is 10.0. The van der Waals surface area contributed by atoms with Gasteiger partial charge in [0.05, 0.1) is 10.2 Å². The highest BCUT2D eigenvalue weighted by Gasteiger charge is 1.98. The van der Waals surface area contributed by atoms with Gasteiger partial charge in [0.15, 0.2) is 0 Å². The highest BCUT2D eigenvalue weighted by atomic mass is 79.9. The van der Waals surface area contributed by atoms with Gasteiger partial charge in [-0.1, -0.05) is 0 Å². The Balaban J connectivity index is 2.07. The van der Waals surface area contributed by atoms with Crippen molar-refractivity contribution in [3.8, 4) is 0 Å². The first-order chi connectivity index (χ1) is 6.68. The molecule has 0 saturated heterocycles. The average Bonchev–Trinajstić information content (AvgIpc) is 2.50. The molecule has 0 radical (unpaired) electrons. The third kappa shape index (κ3) is 4.74. The van der Waals surface area contributed by atoms with E-state index in [0.717, 1.165) is 16.8 Å². The third-order valence-electron chi connectivity index (χ3n) is 1.69. The number of nitrogens with one attached hydrogen (secondary N) is 1. The van der Waals surface area contributed by atoms with Gasteiger partial charge >= 0.3 is 5.97 Å². The van der Waals surface area contributed by atoms with Crippen LogP contribution in [0, 0.1) is 0 Å². The molecule has 0 unspecified atom stereocenters. The van der Waals surface area contributed by atoms with E-state index < -0.39 is 5.97 Å². The molecule has 0 aromatic carbocycles. The number of thiophene rings is 1. The number of hydrogen-bond acceptors (Lipinski definition) is 3. The molecule has 2 N–H and O–H groups in total. The van der Waals surface area contributed by atoms with Gasteiger partial charge in [0.1, 0.15) is 0 Å². The first kappa shape index (κ1) is 11.7. The van der Waals surface area contributed by atoms with E-state index >= 15 is 0 Å². The van der Waals surface area contributed by atoms with Crippen LogP contribution in [0.25, 0.3) is 0 Å². The SMILES string of the molecule is O=C(O)CCNCCc1ccc(Br)s1. The van der Waals surface area contributed by atoms with Crippen molar-refractivity contribution >= 4 is 33.2 Å².